The predicted molar refractivity (Wildman–Crippen MR) is 377 cm³/mol. The largest absolute Gasteiger partial charge is 0.472 e. The van der Waals surface area contributed by atoms with Crippen molar-refractivity contribution in [3.05, 3.63) is 0 Å². The van der Waals surface area contributed by atoms with E-state index in [1.54, 1.807) is 0 Å². The van der Waals surface area contributed by atoms with Gasteiger partial charge in [-0.2, -0.15) is 0 Å². The van der Waals surface area contributed by atoms with Crippen LogP contribution in [-0.4, -0.2) is 96.7 Å². The van der Waals surface area contributed by atoms with Crippen molar-refractivity contribution in [2.75, 3.05) is 39.6 Å². The summed E-state index contributed by atoms with van der Waals surface area (Å²) in [5.41, 5.74) is 0. The molecule has 0 aliphatic carbocycles. The minimum atomic E-state index is -4.95. The summed E-state index contributed by atoms with van der Waals surface area (Å²) in [6, 6.07) is 0. The Kier molecular flexibility index (Phi) is 65.9. The quantitative estimate of drug-likeness (QED) is 0.0222. The van der Waals surface area contributed by atoms with Gasteiger partial charge in [0.25, 0.3) is 0 Å². The Hall–Kier alpha value is -1.94. The second kappa shape index (κ2) is 67.3. The summed E-state index contributed by atoms with van der Waals surface area (Å²) >= 11 is 0. The standard InChI is InChI=1S/C74H144O17P2/c1-6-9-12-15-17-19-21-23-25-27-29-31-33-35-39-43-48-53-58-72(77)85-64-70(91-73(78)59-54-49-44-40-36-34-32-30-28-26-24-22-20-18-16-13-10-7-2)66-89-93(82,83)87-62-68(75)61-86-92(80,81)88-65-69(63-84-71(76)57-52-46-14-11-8-3)90-74(79)60-55-50-45-41-37-38-42-47-51-56-67(4)5/h67-70,75H,6-66H2,1-5H3,(H,80,81)(H,82,83)/t68-,69+,70+/m0/s1. The highest BCUT2D eigenvalue weighted by atomic mass is 31.2. The van der Waals surface area contributed by atoms with Crippen molar-refractivity contribution in [2.24, 2.45) is 5.92 Å². The zero-order chi connectivity index (χ0) is 68.4. The molecule has 5 atom stereocenters. The van der Waals surface area contributed by atoms with Gasteiger partial charge in [-0.3, -0.25) is 37.3 Å². The minimum Gasteiger partial charge on any atom is -0.462 e. The first-order valence-electron chi connectivity index (χ1n) is 38.6. The molecule has 0 aromatic carbocycles. The monoisotopic (exact) mass is 1370 g/mol. The molecule has 17 nitrogen and oxygen atoms in total. The molecule has 0 aromatic rings. The number of phosphoric acid groups is 2. The maximum atomic E-state index is 13.1. The maximum Gasteiger partial charge on any atom is 0.472 e. The zero-order valence-electron chi connectivity index (χ0n) is 60.4. The molecule has 0 rings (SSSR count). The van der Waals surface area contributed by atoms with E-state index in [1.165, 1.54) is 205 Å². The number of unbranched alkanes of at least 4 members (excludes halogenated alkanes) is 46. The van der Waals surface area contributed by atoms with E-state index >= 15 is 0 Å². The molecule has 0 saturated carbocycles. The number of carbonyl (C=O) groups excluding carboxylic acids is 4. The van der Waals surface area contributed by atoms with E-state index in [4.69, 9.17) is 37.0 Å². The summed E-state index contributed by atoms with van der Waals surface area (Å²) in [4.78, 5) is 72.4. The van der Waals surface area contributed by atoms with Gasteiger partial charge in [0.05, 0.1) is 26.4 Å². The number of phosphoric ester groups is 2. The third-order valence-corrected chi connectivity index (χ3v) is 19.2. The van der Waals surface area contributed by atoms with E-state index in [1.807, 2.05) is 0 Å². The Bertz CT molecular complexity index is 1790. The fourth-order valence-electron chi connectivity index (χ4n) is 11.4. The van der Waals surface area contributed by atoms with Crippen LogP contribution in [0.1, 0.15) is 388 Å². The highest BCUT2D eigenvalue weighted by molar-refractivity contribution is 7.47. The van der Waals surface area contributed by atoms with Crippen molar-refractivity contribution >= 4 is 39.5 Å². The molecule has 0 saturated heterocycles. The van der Waals surface area contributed by atoms with Gasteiger partial charge in [0.15, 0.2) is 12.2 Å². The normalized spacial score (nSPS) is 14.0. The second-order valence-corrected chi connectivity index (χ2v) is 30.1. The van der Waals surface area contributed by atoms with Crippen LogP contribution in [0.3, 0.4) is 0 Å². The Morgan fingerprint density at radius 2 is 0.495 bits per heavy atom. The average molecular weight is 1370 g/mol. The molecule has 0 bridgehead atoms. The van der Waals surface area contributed by atoms with Crippen LogP contribution in [0.2, 0.25) is 0 Å². The van der Waals surface area contributed by atoms with Crippen LogP contribution in [0, 0.1) is 5.92 Å². The zero-order valence-corrected chi connectivity index (χ0v) is 62.2. The molecular weight excluding hydrogens is 1220 g/mol. The number of aliphatic hydroxyl groups is 1. The van der Waals surface area contributed by atoms with Crippen molar-refractivity contribution in [2.45, 2.75) is 406 Å². The third-order valence-electron chi connectivity index (χ3n) is 17.3. The van der Waals surface area contributed by atoms with Gasteiger partial charge in [-0.25, -0.2) is 9.13 Å². The van der Waals surface area contributed by atoms with Crippen molar-refractivity contribution in [1.82, 2.24) is 0 Å². The maximum absolute atomic E-state index is 13.1. The van der Waals surface area contributed by atoms with E-state index in [-0.39, 0.29) is 25.7 Å². The van der Waals surface area contributed by atoms with Gasteiger partial charge in [-0.15, -0.1) is 0 Å². The molecule has 93 heavy (non-hydrogen) atoms. The van der Waals surface area contributed by atoms with Crippen LogP contribution < -0.4 is 0 Å². The molecule has 0 aromatic heterocycles. The van der Waals surface area contributed by atoms with Gasteiger partial charge in [-0.05, 0) is 31.6 Å². The molecule has 0 heterocycles. The minimum absolute atomic E-state index is 0.105. The summed E-state index contributed by atoms with van der Waals surface area (Å²) in [7, 11) is -9.90. The SMILES string of the molecule is CCCCCCCCCCCCCCCCCCCCC(=O)OC[C@H](COP(=O)(O)OC[C@@H](O)COP(=O)(O)OC[C@@H](COC(=O)CCCCCCC)OC(=O)CCCCCCCCCCCC(C)C)OC(=O)CCCCCCCCCCCCCCCCCCCC. The molecular formula is C74H144O17P2. The number of carbonyl (C=O) groups is 4. The van der Waals surface area contributed by atoms with E-state index in [0.29, 0.717) is 25.7 Å². The summed E-state index contributed by atoms with van der Waals surface area (Å²) in [6.07, 6.45) is 56.0. The predicted octanol–water partition coefficient (Wildman–Crippen LogP) is 21.7. The Labute approximate surface area is 568 Å². The number of ether oxygens (including phenoxy) is 4. The molecule has 3 N–H and O–H groups in total. The van der Waals surface area contributed by atoms with Crippen LogP contribution in [-0.2, 0) is 65.4 Å². The number of esters is 4. The van der Waals surface area contributed by atoms with Gasteiger partial charge in [0, 0.05) is 25.7 Å². The van der Waals surface area contributed by atoms with Gasteiger partial charge >= 0.3 is 39.5 Å². The van der Waals surface area contributed by atoms with Gasteiger partial charge in [-0.1, -0.05) is 336 Å². The fraction of sp³-hybridized carbons (Fsp3) is 0.946. The molecule has 552 valence electrons. The highest BCUT2D eigenvalue weighted by Gasteiger charge is 2.30. The number of rotatable bonds is 74. The van der Waals surface area contributed by atoms with Crippen molar-refractivity contribution < 1.29 is 80.2 Å². The number of hydrogen-bond acceptors (Lipinski definition) is 15. The lowest BCUT2D eigenvalue weighted by Crippen LogP contribution is -2.30. The topological polar surface area (TPSA) is 237 Å². The molecule has 0 radical (unpaired) electrons. The summed E-state index contributed by atoms with van der Waals surface area (Å²) in [5.74, 6) is -1.39. The number of aliphatic hydroxyl groups excluding tert-OH is 1. The highest BCUT2D eigenvalue weighted by Crippen LogP contribution is 2.45. The van der Waals surface area contributed by atoms with Crippen molar-refractivity contribution in [3.8, 4) is 0 Å². The van der Waals surface area contributed by atoms with Crippen LogP contribution >= 0.6 is 15.6 Å². The molecule has 0 aliphatic rings. The third kappa shape index (κ3) is 68.4. The smallest absolute Gasteiger partial charge is 0.462 e. The van der Waals surface area contributed by atoms with E-state index in [0.717, 1.165) is 102 Å². The summed E-state index contributed by atoms with van der Waals surface area (Å²) in [6.45, 7) is 7.16. The van der Waals surface area contributed by atoms with Crippen LogP contribution in [0.5, 0.6) is 0 Å². The van der Waals surface area contributed by atoms with Crippen LogP contribution in [0.25, 0.3) is 0 Å². The molecule has 0 fully saturated rings. The first-order chi connectivity index (χ1) is 45.0. The molecule has 0 spiro atoms. The molecule has 0 amide bonds. The van der Waals surface area contributed by atoms with Crippen LogP contribution in [0.4, 0.5) is 0 Å². The average Bonchev–Trinajstić information content (AvgIpc) is 1.98. The first kappa shape index (κ1) is 91.1. The summed E-state index contributed by atoms with van der Waals surface area (Å²) < 4.78 is 68.2. The molecule has 0 aliphatic heterocycles. The van der Waals surface area contributed by atoms with Gasteiger partial charge < -0.3 is 33.8 Å². The lowest BCUT2D eigenvalue weighted by atomic mass is 10.0. The van der Waals surface area contributed by atoms with E-state index in [9.17, 15) is 43.2 Å². The van der Waals surface area contributed by atoms with Crippen molar-refractivity contribution in [3.63, 3.8) is 0 Å². The first-order valence-corrected chi connectivity index (χ1v) is 41.6. The van der Waals surface area contributed by atoms with Crippen molar-refractivity contribution in [1.29, 1.82) is 0 Å². The number of hydrogen-bond donors (Lipinski definition) is 3. The molecule has 19 heteroatoms. The lowest BCUT2D eigenvalue weighted by molar-refractivity contribution is -0.161. The fourth-order valence-corrected chi connectivity index (χ4v) is 12.9. The van der Waals surface area contributed by atoms with Gasteiger partial charge in [0.1, 0.15) is 19.3 Å². The van der Waals surface area contributed by atoms with E-state index < -0.39 is 97.5 Å². The molecule has 2 unspecified atom stereocenters. The van der Waals surface area contributed by atoms with E-state index in [2.05, 4.69) is 34.6 Å². The lowest BCUT2D eigenvalue weighted by Gasteiger charge is -2.21. The Morgan fingerprint density at radius 3 is 0.731 bits per heavy atom. The Balaban J connectivity index is 5.14. The second-order valence-electron chi connectivity index (χ2n) is 27.2. The van der Waals surface area contributed by atoms with Gasteiger partial charge in [0.2, 0.25) is 0 Å². The Morgan fingerprint density at radius 1 is 0.290 bits per heavy atom. The summed E-state index contributed by atoms with van der Waals surface area (Å²) in [5, 5.41) is 10.6. The van der Waals surface area contributed by atoms with Crippen LogP contribution in [0.15, 0.2) is 0 Å².